The fraction of sp³-hybridized carbons (Fsp3) is 0.385. The van der Waals surface area contributed by atoms with Gasteiger partial charge < -0.3 is 14.9 Å². The maximum absolute atomic E-state index is 11.6. The van der Waals surface area contributed by atoms with Crippen LogP contribution >= 0.6 is 0 Å². The molecule has 0 saturated carbocycles. The Kier molecular flexibility index (Phi) is 3.94. The third-order valence-corrected chi connectivity index (χ3v) is 2.93. The van der Waals surface area contributed by atoms with Gasteiger partial charge >= 0.3 is 0 Å². The molecule has 1 heterocycles. The Balaban J connectivity index is 2.22. The molecule has 0 saturated heterocycles. The summed E-state index contributed by atoms with van der Waals surface area (Å²) in [4.78, 5) is 0. The molecular weight excluding hydrogens is 230 g/mol. The summed E-state index contributed by atoms with van der Waals surface area (Å²) in [6.07, 6.45) is 1.00. The summed E-state index contributed by atoms with van der Waals surface area (Å²) >= 11 is 0. The topological polar surface area (TPSA) is 65.0 Å². The first-order valence-corrected chi connectivity index (χ1v) is 6.09. The number of para-hydroxylation sites is 1. The first-order valence-electron chi connectivity index (χ1n) is 6.09. The van der Waals surface area contributed by atoms with Crippen molar-refractivity contribution in [2.24, 2.45) is 0 Å². The number of hydrogen-bond donors (Lipinski definition) is 1. The number of aromatic nitrogens is 2. The van der Waals surface area contributed by atoms with Crippen LogP contribution in [0.4, 0.5) is 0 Å². The highest BCUT2D eigenvalue weighted by Gasteiger charge is 2.19. The van der Waals surface area contributed by atoms with Crippen molar-refractivity contribution in [3.05, 3.63) is 36.0 Å². The lowest BCUT2D eigenvalue weighted by molar-refractivity contribution is -0.677. The number of nitrogens with zero attached hydrogens (tertiary/aromatic N) is 2. The number of hydrogen-bond acceptors (Lipinski definition) is 4. The molecule has 1 aromatic carbocycles. The molecule has 0 radical (unpaired) electrons. The number of rotatable bonds is 5. The molecule has 2 rings (SSSR count). The fourth-order valence-corrected chi connectivity index (χ4v) is 1.60. The smallest absolute Gasteiger partial charge is 0.253 e. The molecule has 18 heavy (non-hydrogen) atoms. The molecule has 2 aromatic rings. The molecule has 0 aliphatic rings. The van der Waals surface area contributed by atoms with E-state index >= 15 is 0 Å². The Bertz CT molecular complexity index is 496. The van der Waals surface area contributed by atoms with Gasteiger partial charge in [-0.05, 0) is 18.0 Å². The zero-order valence-corrected chi connectivity index (χ0v) is 10.6. The van der Waals surface area contributed by atoms with Gasteiger partial charge in [-0.3, -0.25) is 0 Å². The van der Waals surface area contributed by atoms with Crippen LogP contribution in [0.2, 0.25) is 0 Å². The van der Waals surface area contributed by atoms with Gasteiger partial charge in [0.15, 0.2) is 5.95 Å². The van der Waals surface area contributed by atoms with Gasteiger partial charge in [-0.1, -0.05) is 25.1 Å². The summed E-state index contributed by atoms with van der Waals surface area (Å²) in [5, 5.41) is 18.7. The summed E-state index contributed by atoms with van der Waals surface area (Å²) in [6, 6.07) is 9.83. The molecule has 0 aliphatic heterocycles. The van der Waals surface area contributed by atoms with Gasteiger partial charge in [-0.15, -0.1) is 0 Å². The average molecular weight is 247 g/mol. The van der Waals surface area contributed by atoms with Crippen molar-refractivity contribution < 1.29 is 14.3 Å². The molecule has 5 nitrogen and oxygen atoms in total. The van der Waals surface area contributed by atoms with Crippen LogP contribution in [0.5, 0.6) is 5.95 Å². The highest BCUT2D eigenvalue weighted by atomic mass is 16.6. The minimum Gasteiger partial charge on any atom is -0.539 e. The van der Waals surface area contributed by atoms with E-state index in [4.69, 9.17) is 4.52 Å². The standard InChI is InChI=1S/C13H17N3O2/c1-3-10(2)14-9-12-13(17)18-15-16(12)11-7-5-4-6-8-11/h4-8,10,14H,3,9H2,1-2H3. The van der Waals surface area contributed by atoms with Crippen LogP contribution in [0.1, 0.15) is 26.0 Å². The van der Waals surface area contributed by atoms with E-state index in [9.17, 15) is 5.11 Å². The molecule has 1 unspecified atom stereocenters. The van der Waals surface area contributed by atoms with Crippen molar-refractivity contribution in [1.82, 2.24) is 10.6 Å². The predicted octanol–water partition coefficient (Wildman–Crippen LogP) is 0.913. The SMILES string of the molecule is CCC(C)NCc1c([O-])on[n+]1-c1ccccc1. The van der Waals surface area contributed by atoms with Gasteiger partial charge in [-0.2, -0.15) is 0 Å². The zero-order chi connectivity index (χ0) is 13.0. The minimum absolute atomic E-state index is 0.350. The van der Waals surface area contributed by atoms with E-state index in [1.165, 1.54) is 4.68 Å². The van der Waals surface area contributed by atoms with Crippen molar-refractivity contribution in [1.29, 1.82) is 0 Å². The Morgan fingerprint density at radius 1 is 1.39 bits per heavy atom. The maximum atomic E-state index is 11.6. The third kappa shape index (κ3) is 2.68. The molecule has 0 amide bonds. The normalized spacial score (nSPS) is 12.6. The molecule has 0 spiro atoms. The van der Waals surface area contributed by atoms with Crippen LogP contribution in [0.3, 0.4) is 0 Å². The van der Waals surface area contributed by atoms with Gasteiger partial charge in [0, 0.05) is 18.2 Å². The minimum atomic E-state index is -0.394. The average Bonchev–Trinajstić information content (AvgIpc) is 2.78. The molecule has 0 aliphatic carbocycles. The Labute approximate surface area is 106 Å². The van der Waals surface area contributed by atoms with Crippen molar-refractivity contribution in [2.45, 2.75) is 32.9 Å². The third-order valence-electron chi connectivity index (χ3n) is 2.93. The highest BCUT2D eigenvalue weighted by Crippen LogP contribution is 2.10. The Hall–Kier alpha value is -1.88. The first-order chi connectivity index (χ1) is 8.72. The van der Waals surface area contributed by atoms with Gasteiger partial charge in [-0.25, -0.2) is 0 Å². The molecular formula is C13H17N3O2. The van der Waals surface area contributed by atoms with E-state index in [0.29, 0.717) is 18.3 Å². The molecule has 96 valence electrons. The van der Waals surface area contributed by atoms with Crippen LogP contribution in [-0.4, -0.2) is 11.3 Å². The number of nitrogens with one attached hydrogen (secondary N) is 1. The van der Waals surface area contributed by atoms with E-state index in [1.807, 2.05) is 30.3 Å². The lowest BCUT2D eigenvalue weighted by atomic mass is 10.2. The lowest BCUT2D eigenvalue weighted by Crippen LogP contribution is -2.40. The summed E-state index contributed by atoms with van der Waals surface area (Å²) in [6.45, 7) is 4.62. The summed E-state index contributed by atoms with van der Waals surface area (Å²) in [5.41, 5.74) is 1.34. The predicted molar refractivity (Wildman–Crippen MR) is 64.1 cm³/mol. The molecule has 1 N–H and O–H groups in total. The van der Waals surface area contributed by atoms with Gasteiger partial charge in [0.2, 0.25) is 5.69 Å². The van der Waals surface area contributed by atoms with E-state index in [1.54, 1.807) is 0 Å². The van der Waals surface area contributed by atoms with E-state index in [0.717, 1.165) is 12.1 Å². The van der Waals surface area contributed by atoms with Crippen molar-refractivity contribution in [2.75, 3.05) is 0 Å². The number of benzene rings is 1. The lowest BCUT2D eigenvalue weighted by Gasteiger charge is -2.08. The summed E-state index contributed by atoms with van der Waals surface area (Å²) < 4.78 is 6.27. The van der Waals surface area contributed by atoms with Crippen molar-refractivity contribution in [3.63, 3.8) is 0 Å². The first kappa shape index (κ1) is 12.6. The van der Waals surface area contributed by atoms with Crippen molar-refractivity contribution in [3.8, 4) is 11.6 Å². The van der Waals surface area contributed by atoms with E-state index in [2.05, 4.69) is 24.4 Å². The van der Waals surface area contributed by atoms with Gasteiger partial charge in [0.25, 0.3) is 5.69 Å². The second-order valence-corrected chi connectivity index (χ2v) is 4.24. The quantitative estimate of drug-likeness (QED) is 0.798. The Morgan fingerprint density at radius 3 is 2.78 bits per heavy atom. The highest BCUT2D eigenvalue weighted by molar-refractivity contribution is 5.22. The summed E-state index contributed by atoms with van der Waals surface area (Å²) in [5.74, 6) is -0.394. The van der Waals surface area contributed by atoms with Crippen LogP contribution in [-0.2, 0) is 6.54 Å². The summed E-state index contributed by atoms with van der Waals surface area (Å²) in [7, 11) is 0. The van der Waals surface area contributed by atoms with Crippen LogP contribution < -0.4 is 15.1 Å². The molecule has 0 fully saturated rings. The molecule has 5 heteroatoms. The van der Waals surface area contributed by atoms with E-state index in [-0.39, 0.29) is 0 Å². The van der Waals surface area contributed by atoms with E-state index < -0.39 is 5.95 Å². The van der Waals surface area contributed by atoms with Gasteiger partial charge in [0.1, 0.15) is 0 Å². The Morgan fingerprint density at radius 2 is 2.11 bits per heavy atom. The fourth-order valence-electron chi connectivity index (χ4n) is 1.60. The second-order valence-electron chi connectivity index (χ2n) is 4.24. The van der Waals surface area contributed by atoms with Crippen LogP contribution in [0.15, 0.2) is 34.9 Å². The van der Waals surface area contributed by atoms with Crippen LogP contribution in [0, 0.1) is 0 Å². The van der Waals surface area contributed by atoms with Crippen LogP contribution in [0.25, 0.3) is 5.69 Å². The zero-order valence-electron chi connectivity index (χ0n) is 10.6. The molecule has 0 bridgehead atoms. The largest absolute Gasteiger partial charge is 0.539 e. The van der Waals surface area contributed by atoms with Crippen molar-refractivity contribution >= 4 is 0 Å². The second kappa shape index (κ2) is 5.64. The van der Waals surface area contributed by atoms with Gasteiger partial charge in [0.05, 0.1) is 11.8 Å². The molecule has 1 atom stereocenters. The molecule has 1 aromatic heterocycles. The monoisotopic (exact) mass is 247 g/mol. The maximum Gasteiger partial charge on any atom is 0.253 e.